The van der Waals surface area contributed by atoms with Gasteiger partial charge in [-0.2, -0.15) is 4.72 Å². The number of hydrogen-bond acceptors (Lipinski definition) is 8. The summed E-state index contributed by atoms with van der Waals surface area (Å²) in [5.74, 6) is 1.65. The zero-order chi connectivity index (χ0) is 40.6. The minimum absolute atomic E-state index is 0.0813. The number of hydrogen-bond donors (Lipinski definition) is 5. The standard InChI is InChI=1S/C22H23ClN2O4S.C17H19ClN2O4S/c1-3-12-24-30(28,29)21-9-5-17(6-10-21)11-13-25(22(27)4-2)15-19-14-20(23)8-7-18(19)16-26;1-19-25(23,24)15-6-2-12(3-7-15)8-9-20-17(22)16-10-14(18)5-4-13(16)11-21/h1,4-10,14,24,26H,2,11-13,15-16H2;2-7,10,19,21H,8-9,11H2,1H3,(H,20,22). The molecule has 0 fully saturated rings. The molecule has 0 bridgehead atoms. The molecule has 4 rings (SSSR count). The van der Waals surface area contributed by atoms with Gasteiger partial charge in [-0.1, -0.05) is 72.1 Å². The molecule has 0 aliphatic rings. The van der Waals surface area contributed by atoms with Crippen LogP contribution in [-0.4, -0.2) is 70.4 Å². The molecule has 55 heavy (non-hydrogen) atoms. The lowest BCUT2D eigenvalue weighted by molar-refractivity contribution is -0.126. The van der Waals surface area contributed by atoms with Crippen LogP contribution in [0.2, 0.25) is 10.0 Å². The molecular formula is C39H42Cl2N4O8S2. The highest BCUT2D eigenvalue weighted by Gasteiger charge is 2.16. The van der Waals surface area contributed by atoms with Gasteiger partial charge in [0.05, 0.1) is 29.5 Å². The Morgan fingerprint density at radius 1 is 0.800 bits per heavy atom. The zero-order valence-electron chi connectivity index (χ0n) is 30.0. The molecular weight excluding hydrogens is 787 g/mol. The summed E-state index contributed by atoms with van der Waals surface area (Å²) in [6.07, 6.45) is 7.37. The quantitative estimate of drug-likeness (QED) is 0.0775. The predicted octanol–water partition coefficient (Wildman–Crippen LogP) is 4.21. The first kappa shape index (κ1) is 44.8. The Morgan fingerprint density at radius 2 is 1.35 bits per heavy atom. The normalized spacial score (nSPS) is 11.1. The van der Waals surface area contributed by atoms with E-state index in [1.165, 1.54) is 43.5 Å². The van der Waals surface area contributed by atoms with E-state index in [2.05, 4.69) is 27.3 Å². The molecule has 5 N–H and O–H groups in total. The Bertz CT molecular complexity index is 2210. The van der Waals surface area contributed by atoms with Crippen molar-refractivity contribution in [3.8, 4) is 12.3 Å². The number of carbonyl (C=O) groups excluding carboxylic acids is 2. The molecule has 2 amide bonds. The molecule has 16 heteroatoms. The van der Waals surface area contributed by atoms with Crippen LogP contribution in [0.25, 0.3) is 0 Å². The first-order valence-electron chi connectivity index (χ1n) is 16.7. The van der Waals surface area contributed by atoms with Crippen LogP contribution in [-0.2, 0) is 57.4 Å². The molecule has 0 unspecified atom stereocenters. The van der Waals surface area contributed by atoms with Gasteiger partial charge in [-0.25, -0.2) is 21.6 Å². The summed E-state index contributed by atoms with van der Waals surface area (Å²) in [6, 6.07) is 22.7. The van der Waals surface area contributed by atoms with E-state index < -0.39 is 20.0 Å². The number of terminal acetylenes is 1. The van der Waals surface area contributed by atoms with Crippen molar-refractivity contribution in [1.82, 2.24) is 19.7 Å². The van der Waals surface area contributed by atoms with Crippen LogP contribution in [0.1, 0.15) is 38.2 Å². The monoisotopic (exact) mass is 828 g/mol. The van der Waals surface area contributed by atoms with Crippen molar-refractivity contribution in [1.29, 1.82) is 0 Å². The summed E-state index contributed by atoms with van der Waals surface area (Å²) in [7, 11) is -5.74. The van der Waals surface area contributed by atoms with Crippen LogP contribution in [0.15, 0.2) is 107 Å². The lowest BCUT2D eigenvalue weighted by Crippen LogP contribution is -2.31. The molecule has 0 heterocycles. The molecule has 0 spiro atoms. The van der Waals surface area contributed by atoms with Crippen LogP contribution < -0.4 is 14.8 Å². The number of aliphatic hydroxyl groups excluding tert-OH is 2. The van der Waals surface area contributed by atoms with E-state index in [0.29, 0.717) is 52.7 Å². The summed E-state index contributed by atoms with van der Waals surface area (Å²) < 4.78 is 52.0. The number of benzene rings is 4. The fourth-order valence-corrected chi connectivity index (χ4v) is 7.12. The summed E-state index contributed by atoms with van der Waals surface area (Å²) in [4.78, 5) is 26.4. The molecule has 4 aromatic rings. The number of nitrogens with one attached hydrogen (secondary N) is 3. The predicted molar refractivity (Wildman–Crippen MR) is 213 cm³/mol. The number of rotatable bonds is 17. The van der Waals surface area contributed by atoms with Crippen molar-refractivity contribution in [2.45, 2.75) is 42.4 Å². The molecule has 0 aromatic heterocycles. The number of sulfonamides is 2. The maximum absolute atomic E-state index is 12.3. The number of carbonyl (C=O) groups is 2. The van der Waals surface area contributed by atoms with Crippen LogP contribution >= 0.6 is 23.2 Å². The van der Waals surface area contributed by atoms with E-state index in [4.69, 9.17) is 29.6 Å². The van der Waals surface area contributed by atoms with Gasteiger partial charge in [0.2, 0.25) is 26.0 Å². The first-order valence-corrected chi connectivity index (χ1v) is 20.4. The van der Waals surface area contributed by atoms with Gasteiger partial charge in [0.1, 0.15) is 0 Å². The average Bonchev–Trinajstić information content (AvgIpc) is 3.19. The van der Waals surface area contributed by atoms with Crippen LogP contribution in [0, 0.1) is 12.3 Å². The van der Waals surface area contributed by atoms with Gasteiger partial charge in [0.25, 0.3) is 5.91 Å². The Balaban J connectivity index is 0.000000300. The average molecular weight is 830 g/mol. The maximum Gasteiger partial charge on any atom is 0.251 e. The molecule has 0 saturated heterocycles. The molecule has 0 aliphatic heterocycles. The Morgan fingerprint density at radius 3 is 1.89 bits per heavy atom. The third-order valence-corrected chi connectivity index (χ3v) is 11.5. The van der Waals surface area contributed by atoms with Crippen LogP contribution in [0.4, 0.5) is 0 Å². The molecule has 0 radical (unpaired) electrons. The second-order valence-electron chi connectivity index (χ2n) is 11.8. The Kier molecular flexibility index (Phi) is 17.5. The van der Waals surface area contributed by atoms with Crippen LogP contribution in [0.3, 0.4) is 0 Å². The number of amides is 2. The lowest BCUT2D eigenvalue weighted by Gasteiger charge is -2.23. The van der Waals surface area contributed by atoms with Crippen molar-refractivity contribution in [3.63, 3.8) is 0 Å². The topological polar surface area (TPSA) is 182 Å². The largest absolute Gasteiger partial charge is 0.392 e. The highest BCUT2D eigenvalue weighted by atomic mass is 35.5. The molecule has 0 saturated carbocycles. The summed E-state index contributed by atoms with van der Waals surface area (Å²) in [5, 5.41) is 22.5. The first-order chi connectivity index (χ1) is 26.2. The Labute approximate surface area is 332 Å². The number of nitrogens with zero attached hydrogens (tertiary/aromatic N) is 1. The fraction of sp³-hybridized carbons (Fsp3) is 0.231. The van der Waals surface area contributed by atoms with Gasteiger partial charge in [-0.15, -0.1) is 6.42 Å². The van der Waals surface area contributed by atoms with E-state index in [1.807, 2.05) is 0 Å². The lowest BCUT2D eigenvalue weighted by atomic mass is 10.1. The van der Waals surface area contributed by atoms with Crippen molar-refractivity contribution >= 4 is 55.1 Å². The maximum atomic E-state index is 12.3. The van der Waals surface area contributed by atoms with Gasteiger partial charge >= 0.3 is 0 Å². The molecule has 0 aliphatic carbocycles. The van der Waals surface area contributed by atoms with E-state index in [1.54, 1.807) is 59.5 Å². The van der Waals surface area contributed by atoms with Crippen molar-refractivity contribution < 1.29 is 36.6 Å². The van der Waals surface area contributed by atoms with Gasteiger partial charge < -0.3 is 20.4 Å². The molecule has 12 nitrogen and oxygen atoms in total. The SMILES string of the molecule is C#CCNS(=O)(=O)c1ccc(CCN(Cc2cc(Cl)ccc2CO)C(=O)C=C)cc1.CNS(=O)(=O)c1ccc(CCNC(=O)c2cc(Cl)ccc2CO)cc1. The number of halogens is 2. The zero-order valence-corrected chi connectivity index (χ0v) is 33.1. The highest BCUT2D eigenvalue weighted by molar-refractivity contribution is 7.89. The fourth-order valence-electron chi connectivity index (χ4n) is 5.08. The van der Waals surface area contributed by atoms with E-state index in [-0.39, 0.29) is 47.9 Å². The van der Waals surface area contributed by atoms with Gasteiger partial charge in [0, 0.05) is 35.2 Å². The summed E-state index contributed by atoms with van der Waals surface area (Å²) in [5.41, 5.74) is 4.04. The molecule has 4 aromatic carbocycles. The van der Waals surface area contributed by atoms with Crippen molar-refractivity contribution in [2.24, 2.45) is 0 Å². The number of aliphatic hydroxyl groups is 2. The van der Waals surface area contributed by atoms with Gasteiger partial charge in [-0.05, 0) is 102 Å². The minimum Gasteiger partial charge on any atom is -0.392 e. The minimum atomic E-state index is -3.65. The summed E-state index contributed by atoms with van der Waals surface area (Å²) >= 11 is 12.0. The Hall–Kier alpha value is -4.56. The molecule has 0 atom stereocenters. The van der Waals surface area contributed by atoms with Crippen molar-refractivity contribution in [2.75, 3.05) is 26.7 Å². The van der Waals surface area contributed by atoms with Crippen molar-refractivity contribution in [3.05, 3.63) is 141 Å². The van der Waals surface area contributed by atoms with E-state index >= 15 is 0 Å². The van der Waals surface area contributed by atoms with E-state index in [9.17, 15) is 36.6 Å². The second-order valence-corrected chi connectivity index (χ2v) is 16.3. The van der Waals surface area contributed by atoms with Gasteiger partial charge in [-0.3, -0.25) is 9.59 Å². The summed E-state index contributed by atoms with van der Waals surface area (Å²) in [6.45, 7) is 4.07. The smallest absolute Gasteiger partial charge is 0.251 e. The highest BCUT2D eigenvalue weighted by Crippen LogP contribution is 2.20. The third-order valence-electron chi connectivity index (χ3n) is 8.14. The second kappa shape index (κ2) is 21.5. The van der Waals surface area contributed by atoms with E-state index in [0.717, 1.165) is 16.7 Å². The van der Waals surface area contributed by atoms with Gasteiger partial charge in [0.15, 0.2) is 0 Å². The van der Waals surface area contributed by atoms with Crippen LogP contribution in [0.5, 0.6) is 0 Å². The third kappa shape index (κ3) is 13.6. The molecule has 292 valence electrons.